The van der Waals surface area contributed by atoms with Crippen LogP contribution >= 0.6 is 0 Å². The molecule has 0 bridgehead atoms. The van der Waals surface area contributed by atoms with Crippen molar-refractivity contribution in [3.05, 3.63) is 78.6 Å². The van der Waals surface area contributed by atoms with Gasteiger partial charge in [-0.2, -0.15) is 5.10 Å². The van der Waals surface area contributed by atoms with Gasteiger partial charge in [-0.1, -0.05) is 42.5 Å². The number of aliphatic hydroxyl groups excluding tert-OH is 1. The maximum absolute atomic E-state index is 13.8. The number of allylic oxidation sites excluding steroid dienone is 1. The summed E-state index contributed by atoms with van der Waals surface area (Å²) in [4.78, 5) is 2.30. The molecule has 0 amide bonds. The van der Waals surface area contributed by atoms with Gasteiger partial charge in [0.1, 0.15) is 17.3 Å². The predicted octanol–water partition coefficient (Wildman–Crippen LogP) is 5.56. The van der Waals surface area contributed by atoms with E-state index in [1.165, 1.54) is 25.0 Å². The molecule has 4 rings (SSSR count). The van der Waals surface area contributed by atoms with Crippen LogP contribution in [0.5, 0.6) is 11.6 Å². The molecule has 0 spiro atoms. The number of aromatic nitrogens is 2. The first-order valence-electron chi connectivity index (χ1n) is 11.6. The second-order valence-electron chi connectivity index (χ2n) is 8.84. The summed E-state index contributed by atoms with van der Waals surface area (Å²) in [5.74, 6) is 1.33. The van der Waals surface area contributed by atoms with E-state index in [2.05, 4.69) is 11.5 Å². The molecule has 1 fully saturated rings. The van der Waals surface area contributed by atoms with Crippen LogP contribution in [0.4, 0.5) is 4.39 Å². The van der Waals surface area contributed by atoms with Gasteiger partial charge in [0.15, 0.2) is 0 Å². The third-order valence-electron chi connectivity index (χ3n) is 5.91. The molecule has 1 aliphatic carbocycles. The van der Waals surface area contributed by atoms with Crippen molar-refractivity contribution in [2.75, 3.05) is 13.1 Å². The fourth-order valence-electron chi connectivity index (χ4n) is 4.09. The molecule has 1 aliphatic rings. The minimum absolute atomic E-state index is 0.347. The number of halogens is 1. The van der Waals surface area contributed by atoms with Crippen molar-refractivity contribution in [2.24, 2.45) is 13.0 Å². The summed E-state index contributed by atoms with van der Waals surface area (Å²) in [7, 11) is 1.84. The van der Waals surface area contributed by atoms with E-state index in [1.807, 2.05) is 43.5 Å². The van der Waals surface area contributed by atoms with Crippen molar-refractivity contribution < 1.29 is 14.2 Å². The Kier molecular flexibility index (Phi) is 7.57. The van der Waals surface area contributed by atoms with Crippen LogP contribution in [0.25, 0.3) is 11.3 Å². The molecule has 1 unspecified atom stereocenters. The minimum atomic E-state index is -0.425. The molecule has 0 radical (unpaired) electrons. The Bertz CT molecular complexity index is 1060. The Hall–Kier alpha value is -2.96. The van der Waals surface area contributed by atoms with Gasteiger partial charge in [0.05, 0.1) is 11.7 Å². The lowest BCUT2D eigenvalue weighted by Crippen LogP contribution is -2.33. The number of ether oxygens (including phenoxy) is 1. The topological polar surface area (TPSA) is 50.5 Å². The summed E-state index contributed by atoms with van der Waals surface area (Å²) in [6.07, 6.45) is 5.35. The van der Waals surface area contributed by atoms with E-state index in [4.69, 9.17) is 9.84 Å². The van der Waals surface area contributed by atoms with E-state index in [-0.39, 0.29) is 5.82 Å². The van der Waals surface area contributed by atoms with Gasteiger partial charge in [-0.05, 0) is 43.7 Å². The molecule has 6 heteroatoms. The second kappa shape index (κ2) is 10.8. The van der Waals surface area contributed by atoms with E-state index >= 15 is 0 Å². The highest BCUT2D eigenvalue weighted by atomic mass is 19.1. The van der Waals surface area contributed by atoms with Gasteiger partial charge < -0.3 is 9.84 Å². The molecule has 174 valence electrons. The number of aliphatic hydroxyl groups is 1. The monoisotopic (exact) mass is 449 g/mol. The van der Waals surface area contributed by atoms with Gasteiger partial charge in [-0.3, -0.25) is 4.90 Å². The molecule has 1 aromatic heterocycles. The van der Waals surface area contributed by atoms with E-state index < -0.39 is 6.10 Å². The molecule has 0 saturated heterocycles. The zero-order valence-electron chi connectivity index (χ0n) is 19.2. The van der Waals surface area contributed by atoms with Crippen molar-refractivity contribution >= 4 is 0 Å². The third-order valence-corrected chi connectivity index (χ3v) is 5.91. The number of rotatable bonds is 12. The molecule has 5 nitrogen and oxygen atoms in total. The van der Waals surface area contributed by atoms with Crippen molar-refractivity contribution in [3.8, 4) is 22.9 Å². The maximum atomic E-state index is 13.8. The van der Waals surface area contributed by atoms with Gasteiger partial charge in [0.2, 0.25) is 5.88 Å². The van der Waals surface area contributed by atoms with E-state index in [1.54, 1.807) is 16.8 Å². The standard InChI is InChI=1S/C27H32FN3O2/c1-3-4-12-23(32)18-31(17-20-14-15-20)19-25-26(21-9-6-5-7-10-21)29-30(2)27(25)33-24-13-8-11-22(28)16-24/h3,5-11,13,16,20,23,32H,1,4,12,14-15,17-19H2,2H3. The quantitative estimate of drug-likeness (QED) is 0.368. The Morgan fingerprint density at radius 1 is 1.24 bits per heavy atom. The SMILES string of the molecule is C=CCCC(O)CN(Cc1c(-c2ccccc2)nn(C)c1Oc1cccc(F)c1)CC1CC1. The van der Waals surface area contributed by atoms with Crippen LogP contribution in [0.2, 0.25) is 0 Å². The Labute approximate surface area is 195 Å². The second-order valence-corrected chi connectivity index (χ2v) is 8.84. The van der Waals surface area contributed by atoms with Gasteiger partial charge in [-0.15, -0.1) is 6.58 Å². The molecule has 0 aliphatic heterocycles. The van der Waals surface area contributed by atoms with Gasteiger partial charge in [0.25, 0.3) is 0 Å². The van der Waals surface area contributed by atoms with Crippen molar-refractivity contribution in [1.29, 1.82) is 0 Å². The smallest absolute Gasteiger partial charge is 0.222 e. The molecule has 2 aromatic carbocycles. The van der Waals surface area contributed by atoms with Gasteiger partial charge >= 0.3 is 0 Å². The van der Waals surface area contributed by atoms with Crippen LogP contribution in [0.15, 0.2) is 67.3 Å². The molecule has 1 atom stereocenters. The number of nitrogens with zero attached hydrogens (tertiary/aromatic N) is 3. The number of benzene rings is 2. The molecule has 1 saturated carbocycles. The molecule has 1 heterocycles. The first kappa shape index (κ1) is 23.2. The highest BCUT2D eigenvalue weighted by molar-refractivity contribution is 5.65. The van der Waals surface area contributed by atoms with Crippen molar-refractivity contribution in [2.45, 2.75) is 38.3 Å². The molecular weight excluding hydrogens is 417 g/mol. The zero-order chi connectivity index (χ0) is 23.2. The third kappa shape index (κ3) is 6.30. The highest BCUT2D eigenvalue weighted by Crippen LogP contribution is 2.36. The predicted molar refractivity (Wildman–Crippen MR) is 129 cm³/mol. The van der Waals surface area contributed by atoms with E-state index in [0.29, 0.717) is 37.1 Å². The maximum Gasteiger partial charge on any atom is 0.222 e. The molecule has 1 N–H and O–H groups in total. The number of hydrogen-bond donors (Lipinski definition) is 1. The fraction of sp³-hybridized carbons (Fsp3) is 0.370. The Balaban J connectivity index is 1.67. The van der Waals surface area contributed by atoms with Crippen LogP contribution < -0.4 is 4.74 Å². The van der Waals surface area contributed by atoms with Gasteiger partial charge in [-0.25, -0.2) is 9.07 Å². The summed E-state index contributed by atoms with van der Waals surface area (Å²) in [5, 5.41) is 15.4. The van der Waals surface area contributed by atoms with Crippen molar-refractivity contribution in [3.63, 3.8) is 0 Å². The van der Waals surface area contributed by atoms with Crippen LogP contribution in [0.3, 0.4) is 0 Å². The highest BCUT2D eigenvalue weighted by Gasteiger charge is 2.28. The average Bonchev–Trinajstić information content (AvgIpc) is 3.57. The number of aryl methyl sites for hydroxylation is 1. The Morgan fingerprint density at radius 2 is 2.03 bits per heavy atom. The lowest BCUT2D eigenvalue weighted by molar-refractivity contribution is 0.0992. The lowest BCUT2D eigenvalue weighted by atomic mass is 10.1. The van der Waals surface area contributed by atoms with Gasteiger partial charge in [0, 0.05) is 38.3 Å². The van der Waals surface area contributed by atoms with Crippen LogP contribution in [0.1, 0.15) is 31.2 Å². The summed E-state index contributed by atoms with van der Waals surface area (Å²) >= 11 is 0. The van der Waals surface area contributed by atoms with Crippen LogP contribution in [0, 0.1) is 11.7 Å². The normalized spacial score (nSPS) is 14.4. The largest absolute Gasteiger partial charge is 0.439 e. The summed E-state index contributed by atoms with van der Waals surface area (Å²) in [6, 6.07) is 16.2. The summed E-state index contributed by atoms with van der Waals surface area (Å²) in [6.45, 7) is 5.85. The zero-order valence-corrected chi connectivity index (χ0v) is 19.2. The van der Waals surface area contributed by atoms with Crippen molar-refractivity contribution in [1.82, 2.24) is 14.7 Å². The number of hydrogen-bond acceptors (Lipinski definition) is 4. The fourth-order valence-corrected chi connectivity index (χ4v) is 4.09. The average molecular weight is 450 g/mol. The van der Waals surface area contributed by atoms with E-state index in [9.17, 15) is 9.50 Å². The minimum Gasteiger partial charge on any atom is -0.439 e. The molecular formula is C27H32FN3O2. The Morgan fingerprint density at radius 3 is 2.73 bits per heavy atom. The van der Waals surface area contributed by atoms with Crippen LogP contribution in [-0.2, 0) is 13.6 Å². The summed E-state index contributed by atoms with van der Waals surface area (Å²) < 4.78 is 21.7. The first-order valence-corrected chi connectivity index (χ1v) is 11.6. The summed E-state index contributed by atoms with van der Waals surface area (Å²) in [5.41, 5.74) is 2.77. The lowest BCUT2D eigenvalue weighted by Gasteiger charge is -2.25. The van der Waals surface area contributed by atoms with E-state index in [0.717, 1.165) is 29.8 Å². The van der Waals surface area contributed by atoms with Crippen LogP contribution in [-0.4, -0.2) is 39.0 Å². The molecule has 3 aromatic rings. The first-order chi connectivity index (χ1) is 16.0. The molecule has 33 heavy (non-hydrogen) atoms.